The minimum atomic E-state index is 0. The first-order valence-corrected chi connectivity index (χ1v) is 8.79. The second-order valence-corrected chi connectivity index (χ2v) is 6.60. The van der Waals surface area contributed by atoms with Gasteiger partial charge in [0.15, 0.2) is 5.96 Å². The molecule has 0 aromatic rings. The van der Waals surface area contributed by atoms with Crippen molar-refractivity contribution < 1.29 is 4.79 Å². The molecule has 5 nitrogen and oxygen atoms in total. The topological polar surface area (TPSA) is 56.7 Å². The summed E-state index contributed by atoms with van der Waals surface area (Å²) in [5.74, 6) is 1.50. The van der Waals surface area contributed by atoms with E-state index in [2.05, 4.69) is 29.5 Å². The maximum Gasteiger partial charge on any atom is 0.243 e. The van der Waals surface area contributed by atoms with E-state index in [1.54, 1.807) is 19.0 Å². The lowest BCUT2D eigenvalue weighted by molar-refractivity contribution is -0.127. The molecule has 6 heteroatoms. The number of unbranched alkanes of at least 4 members (excludes halogenated alkanes) is 2. The molecule has 2 unspecified atom stereocenters. The average molecular weight is 438 g/mol. The molecule has 0 spiro atoms. The van der Waals surface area contributed by atoms with Crippen molar-refractivity contribution in [1.29, 1.82) is 0 Å². The molecule has 2 N–H and O–H groups in total. The lowest BCUT2D eigenvalue weighted by atomic mass is 9.86. The molecule has 1 aliphatic carbocycles. The highest BCUT2D eigenvalue weighted by atomic mass is 127. The Balaban J connectivity index is 0.00000484. The van der Waals surface area contributed by atoms with Gasteiger partial charge in [-0.25, -0.2) is 4.99 Å². The van der Waals surface area contributed by atoms with Crippen LogP contribution in [-0.4, -0.2) is 50.0 Å². The zero-order valence-electron chi connectivity index (χ0n) is 15.2. The van der Waals surface area contributed by atoms with Crippen LogP contribution < -0.4 is 10.6 Å². The maximum absolute atomic E-state index is 11.7. The zero-order chi connectivity index (χ0) is 16.4. The molecular weight excluding hydrogens is 403 g/mol. The van der Waals surface area contributed by atoms with Crippen LogP contribution in [0, 0.1) is 5.92 Å². The third-order valence-corrected chi connectivity index (χ3v) is 4.38. The molecule has 23 heavy (non-hydrogen) atoms. The molecule has 1 saturated carbocycles. The number of nitrogens with zero attached hydrogens (tertiary/aromatic N) is 2. The van der Waals surface area contributed by atoms with E-state index in [1.807, 2.05) is 0 Å². The first-order valence-electron chi connectivity index (χ1n) is 8.79. The van der Waals surface area contributed by atoms with Crippen LogP contribution in [0.25, 0.3) is 0 Å². The monoisotopic (exact) mass is 438 g/mol. The molecule has 0 aromatic carbocycles. The quantitative estimate of drug-likeness (QED) is 0.278. The van der Waals surface area contributed by atoms with Crippen LogP contribution in [0.5, 0.6) is 0 Å². The summed E-state index contributed by atoms with van der Waals surface area (Å²) in [6.45, 7) is 5.62. The first kappa shape index (κ1) is 22.5. The van der Waals surface area contributed by atoms with Crippen molar-refractivity contribution in [3.8, 4) is 0 Å². The van der Waals surface area contributed by atoms with Crippen molar-refractivity contribution in [3.05, 3.63) is 0 Å². The number of hydrogen-bond acceptors (Lipinski definition) is 2. The van der Waals surface area contributed by atoms with Crippen molar-refractivity contribution in [3.63, 3.8) is 0 Å². The van der Waals surface area contributed by atoms with Crippen LogP contribution in [0.15, 0.2) is 4.99 Å². The van der Waals surface area contributed by atoms with Gasteiger partial charge in [0.2, 0.25) is 5.91 Å². The number of likely N-dealkylation sites (N-methyl/N-ethyl adjacent to an activating group) is 1. The van der Waals surface area contributed by atoms with E-state index in [-0.39, 0.29) is 36.4 Å². The minimum Gasteiger partial charge on any atom is -0.356 e. The number of hydrogen-bond donors (Lipinski definition) is 2. The summed E-state index contributed by atoms with van der Waals surface area (Å²) in [4.78, 5) is 17.8. The predicted molar refractivity (Wildman–Crippen MR) is 108 cm³/mol. The van der Waals surface area contributed by atoms with Gasteiger partial charge in [0.25, 0.3) is 0 Å². The van der Waals surface area contributed by atoms with Crippen LogP contribution >= 0.6 is 24.0 Å². The van der Waals surface area contributed by atoms with E-state index in [4.69, 9.17) is 0 Å². The third kappa shape index (κ3) is 9.37. The zero-order valence-corrected chi connectivity index (χ0v) is 17.6. The van der Waals surface area contributed by atoms with Gasteiger partial charge in [-0.1, -0.05) is 39.5 Å². The lowest BCUT2D eigenvalue weighted by Gasteiger charge is -2.31. The highest BCUT2D eigenvalue weighted by Gasteiger charge is 2.22. The van der Waals surface area contributed by atoms with Gasteiger partial charge in [0, 0.05) is 26.7 Å². The molecule has 1 fully saturated rings. The summed E-state index contributed by atoms with van der Waals surface area (Å²) in [6, 6.07) is 0.473. The fraction of sp³-hybridized carbons (Fsp3) is 0.882. The van der Waals surface area contributed by atoms with Crippen molar-refractivity contribution >= 4 is 35.8 Å². The molecule has 2 atom stereocenters. The smallest absolute Gasteiger partial charge is 0.243 e. The maximum atomic E-state index is 11.7. The number of amides is 1. The van der Waals surface area contributed by atoms with E-state index < -0.39 is 0 Å². The molecule has 1 rings (SSSR count). The first-order chi connectivity index (χ1) is 10.5. The average Bonchev–Trinajstić information content (AvgIpc) is 2.50. The van der Waals surface area contributed by atoms with Crippen molar-refractivity contribution in [2.24, 2.45) is 10.9 Å². The lowest BCUT2D eigenvalue weighted by Crippen LogP contribution is -2.47. The van der Waals surface area contributed by atoms with Gasteiger partial charge >= 0.3 is 0 Å². The Bertz CT molecular complexity index is 361. The summed E-state index contributed by atoms with van der Waals surface area (Å²) < 4.78 is 0. The number of rotatable bonds is 7. The third-order valence-electron chi connectivity index (χ3n) is 4.38. The summed E-state index contributed by atoms with van der Waals surface area (Å²) in [5.41, 5.74) is 0. The number of guanidine groups is 1. The highest BCUT2D eigenvalue weighted by molar-refractivity contribution is 14.0. The van der Waals surface area contributed by atoms with Crippen LogP contribution in [0.1, 0.15) is 58.8 Å². The van der Waals surface area contributed by atoms with E-state index in [0.29, 0.717) is 12.0 Å². The number of carbonyl (C=O) groups excluding carboxylic acids is 1. The number of halogens is 1. The van der Waals surface area contributed by atoms with Gasteiger partial charge in [-0.15, -0.1) is 24.0 Å². The Morgan fingerprint density at radius 1 is 1.22 bits per heavy atom. The SMILES string of the molecule is CCCCCNC(=NCC(=O)N(C)C)NC1CCCCC1C.I. The predicted octanol–water partition coefficient (Wildman–Crippen LogP) is 3.00. The molecule has 136 valence electrons. The molecule has 0 radical (unpaired) electrons. The molecule has 1 amide bonds. The summed E-state index contributed by atoms with van der Waals surface area (Å²) >= 11 is 0. The Labute approximate surface area is 159 Å². The Morgan fingerprint density at radius 2 is 1.91 bits per heavy atom. The van der Waals surface area contributed by atoms with Gasteiger partial charge in [0.1, 0.15) is 6.54 Å². The number of nitrogens with one attached hydrogen (secondary N) is 2. The Kier molecular flexibility index (Phi) is 12.5. The van der Waals surface area contributed by atoms with E-state index in [0.717, 1.165) is 18.9 Å². The summed E-state index contributed by atoms with van der Waals surface area (Å²) in [6.07, 6.45) is 8.64. The summed E-state index contributed by atoms with van der Waals surface area (Å²) in [5, 5.41) is 6.93. The number of carbonyl (C=O) groups is 1. The van der Waals surface area contributed by atoms with Gasteiger partial charge in [-0.3, -0.25) is 4.79 Å². The van der Waals surface area contributed by atoms with E-state index in [1.165, 1.54) is 38.5 Å². The summed E-state index contributed by atoms with van der Waals surface area (Å²) in [7, 11) is 3.53. The van der Waals surface area contributed by atoms with Crippen LogP contribution in [-0.2, 0) is 4.79 Å². The molecule has 1 aliphatic rings. The van der Waals surface area contributed by atoms with Crippen LogP contribution in [0.2, 0.25) is 0 Å². The molecule has 0 heterocycles. The minimum absolute atomic E-state index is 0. The van der Waals surface area contributed by atoms with Gasteiger partial charge in [0.05, 0.1) is 0 Å². The molecule has 0 bridgehead atoms. The van der Waals surface area contributed by atoms with Crippen molar-refractivity contribution in [1.82, 2.24) is 15.5 Å². The number of aliphatic imine (C=N–C) groups is 1. The second kappa shape index (κ2) is 12.8. The highest BCUT2D eigenvalue weighted by Crippen LogP contribution is 2.23. The van der Waals surface area contributed by atoms with Crippen molar-refractivity contribution in [2.75, 3.05) is 27.2 Å². The van der Waals surface area contributed by atoms with E-state index >= 15 is 0 Å². The molecule has 0 saturated heterocycles. The Hall–Kier alpha value is -0.530. The second-order valence-electron chi connectivity index (χ2n) is 6.60. The van der Waals surface area contributed by atoms with Gasteiger partial charge in [-0.2, -0.15) is 0 Å². The molecule has 0 aliphatic heterocycles. The van der Waals surface area contributed by atoms with Crippen LogP contribution in [0.4, 0.5) is 0 Å². The van der Waals surface area contributed by atoms with Crippen LogP contribution in [0.3, 0.4) is 0 Å². The van der Waals surface area contributed by atoms with Crippen molar-refractivity contribution in [2.45, 2.75) is 64.8 Å². The van der Waals surface area contributed by atoms with Gasteiger partial charge < -0.3 is 15.5 Å². The van der Waals surface area contributed by atoms with E-state index in [9.17, 15) is 4.79 Å². The fourth-order valence-corrected chi connectivity index (χ4v) is 2.73. The molecular formula is C17H35IN4O. The largest absolute Gasteiger partial charge is 0.356 e. The Morgan fingerprint density at radius 3 is 2.52 bits per heavy atom. The molecule has 0 aromatic heterocycles. The van der Waals surface area contributed by atoms with Gasteiger partial charge in [-0.05, 0) is 25.2 Å². The fourth-order valence-electron chi connectivity index (χ4n) is 2.73. The normalized spacial score (nSPS) is 21.3. The standard InChI is InChI=1S/C17H34N4O.HI/c1-5-6-9-12-18-17(19-13-16(22)21(3)4)20-15-11-8-7-10-14(15)2;/h14-15H,5-13H2,1-4H3,(H2,18,19,20);1H.